The second kappa shape index (κ2) is 7.14. The molecule has 1 atom stereocenters. The molecule has 0 fully saturated rings. The van der Waals surface area contributed by atoms with Gasteiger partial charge in [0.25, 0.3) is 5.91 Å². The molecule has 6 nitrogen and oxygen atoms in total. The van der Waals surface area contributed by atoms with E-state index in [1.165, 1.54) is 0 Å². The number of fused-ring (bicyclic) bond motifs is 1. The average molecular weight is 325 g/mol. The number of aromatic nitrogens is 2. The summed E-state index contributed by atoms with van der Waals surface area (Å²) in [6.07, 6.45) is 3.86. The fraction of sp³-hybridized carbons (Fsp3) is 0.222. The number of rotatable bonds is 6. The Morgan fingerprint density at radius 3 is 2.79 bits per heavy atom. The molecule has 0 saturated heterocycles. The molecule has 3 aromatic rings. The van der Waals surface area contributed by atoms with Crippen LogP contribution in [-0.4, -0.2) is 33.0 Å². The Morgan fingerprint density at radius 1 is 1.29 bits per heavy atom. The van der Waals surface area contributed by atoms with Crippen molar-refractivity contribution in [3.05, 3.63) is 66.1 Å². The lowest BCUT2D eigenvalue weighted by Crippen LogP contribution is -2.34. The fourth-order valence-corrected chi connectivity index (χ4v) is 2.27. The molecule has 24 heavy (non-hydrogen) atoms. The van der Waals surface area contributed by atoms with E-state index in [2.05, 4.69) is 10.3 Å². The highest BCUT2D eigenvalue weighted by Crippen LogP contribution is 2.14. The van der Waals surface area contributed by atoms with Crippen LogP contribution in [0, 0.1) is 0 Å². The Balaban J connectivity index is 1.60. The number of hydrogen-bond donors (Lipinski definition) is 2. The van der Waals surface area contributed by atoms with Crippen LogP contribution in [0.15, 0.2) is 54.9 Å². The van der Waals surface area contributed by atoms with E-state index in [0.29, 0.717) is 17.9 Å². The van der Waals surface area contributed by atoms with Gasteiger partial charge in [0.1, 0.15) is 18.0 Å². The van der Waals surface area contributed by atoms with E-state index in [9.17, 15) is 4.79 Å². The number of imidazole rings is 1. The van der Waals surface area contributed by atoms with Crippen LogP contribution in [0.4, 0.5) is 0 Å². The lowest BCUT2D eigenvalue weighted by atomic mass is 10.2. The minimum Gasteiger partial charge on any atom is -0.487 e. The summed E-state index contributed by atoms with van der Waals surface area (Å²) in [6.45, 7) is 2.00. The molecule has 0 aliphatic heterocycles. The summed E-state index contributed by atoms with van der Waals surface area (Å²) >= 11 is 0. The maximum atomic E-state index is 11.9. The van der Waals surface area contributed by atoms with Crippen LogP contribution in [0.1, 0.15) is 23.0 Å². The van der Waals surface area contributed by atoms with Gasteiger partial charge in [-0.05, 0) is 43.3 Å². The molecular weight excluding hydrogens is 306 g/mol. The predicted molar refractivity (Wildman–Crippen MR) is 90.0 cm³/mol. The minimum absolute atomic E-state index is 0.0913. The Labute approximate surface area is 139 Å². The third-order valence-corrected chi connectivity index (χ3v) is 3.57. The maximum Gasteiger partial charge on any atom is 0.251 e. The molecule has 1 amide bonds. The first kappa shape index (κ1) is 16.0. The molecule has 0 bridgehead atoms. The van der Waals surface area contributed by atoms with Crippen molar-refractivity contribution in [2.75, 3.05) is 6.61 Å². The molecule has 3 rings (SSSR count). The van der Waals surface area contributed by atoms with E-state index in [1.54, 1.807) is 31.2 Å². The number of carbonyl (C=O) groups excluding carboxylic acids is 1. The van der Waals surface area contributed by atoms with Crippen molar-refractivity contribution >= 4 is 11.6 Å². The molecular formula is C18H19N3O3. The van der Waals surface area contributed by atoms with Crippen LogP contribution in [0.3, 0.4) is 0 Å². The van der Waals surface area contributed by atoms with Crippen LogP contribution >= 0.6 is 0 Å². The van der Waals surface area contributed by atoms with Crippen LogP contribution < -0.4 is 10.1 Å². The summed E-state index contributed by atoms with van der Waals surface area (Å²) < 4.78 is 7.65. The minimum atomic E-state index is -0.275. The van der Waals surface area contributed by atoms with Crippen LogP contribution in [0.25, 0.3) is 5.65 Å². The number of nitrogens with zero attached hydrogens (tertiary/aromatic N) is 2. The van der Waals surface area contributed by atoms with Crippen molar-refractivity contribution in [2.24, 2.45) is 0 Å². The number of nitrogens with one attached hydrogen (secondary N) is 1. The zero-order valence-electron chi connectivity index (χ0n) is 13.3. The molecule has 1 unspecified atom stereocenters. The standard InChI is InChI=1S/C18H19N3O3/c1-13(11-22)19-18(23)14-5-7-16(8-6-14)24-12-15-10-21-9-3-2-4-17(21)20-15/h2-10,13,22H,11-12H2,1H3,(H,19,23). The van der Waals surface area contributed by atoms with E-state index in [1.807, 2.05) is 35.0 Å². The average Bonchev–Trinajstić information content (AvgIpc) is 3.03. The maximum absolute atomic E-state index is 11.9. The third kappa shape index (κ3) is 3.72. The van der Waals surface area contributed by atoms with Crippen molar-refractivity contribution in [3.63, 3.8) is 0 Å². The van der Waals surface area contributed by atoms with Gasteiger partial charge in [0.15, 0.2) is 0 Å². The summed E-state index contributed by atoms with van der Waals surface area (Å²) in [5.41, 5.74) is 2.23. The number of benzene rings is 1. The van der Waals surface area contributed by atoms with E-state index < -0.39 is 0 Å². The van der Waals surface area contributed by atoms with Crippen molar-refractivity contribution in [3.8, 4) is 5.75 Å². The molecule has 1 aromatic carbocycles. The van der Waals surface area contributed by atoms with Crippen molar-refractivity contribution < 1.29 is 14.6 Å². The van der Waals surface area contributed by atoms with E-state index in [0.717, 1.165) is 11.3 Å². The topological polar surface area (TPSA) is 75.9 Å². The van der Waals surface area contributed by atoms with Gasteiger partial charge in [-0.2, -0.15) is 0 Å². The van der Waals surface area contributed by atoms with Gasteiger partial charge in [-0.15, -0.1) is 0 Å². The number of pyridine rings is 1. The number of hydrogen-bond acceptors (Lipinski definition) is 4. The summed E-state index contributed by atoms with van der Waals surface area (Å²) in [4.78, 5) is 16.4. The Morgan fingerprint density at radius 2 is 2.08 bits per heavy atom. The van der Waals surface area contributed by atoms with Gasteiger partial charge in [-0.25, -0.2) is 4.98 Å². The molecule has 124 valence electrons. The zero-order valence-corrected chi connectivity index (χ0v) is 13.3. The second-order valence-corrected chi connectivity index (χ2v) is 5.57. The first-order valence-electron chi connectivity index (χ1n) is 7.73. The zero-order chi connectivity index (χ0) is 16.9. The summed E-state index contributed by atoms with van der Waals surface area (Å²) in [5.74, 6) is 0.447. The van der Waals surface area contributed by atoms with Gasteiger partial charge >= 0.3 is 0 Å². The van der Waals surface area contributed by atoms with Gasteiger partial charge in [0.05, 0.1) is 12.3 Å². The molecule has 0 spiro atoms. The summed E-state index contributed by atoms with van der Waals surface area (Å²) in [6, 6.07) is 12.4. The van der Waals surface area contributed by atoms with E-state index in [-0.39, 0.29) is 18.6 Å². The Hall–Kier alpha value is -2.86. The second-order valence-electron chi connectivity index (χ2n) is 5.57. The molecule has 0 radical (unpaired) electrons. The summed E-state index contributed by atoms with van der Waals surface area (Å²) in [5, 5.41) is 11.7. The number of carbonyl (C=O) groups is 1. The van der Waals surface area contributed by atoms with Crippen molar-refractivity contribution in [1.29, 1.82) is 0 Å². The van der Waals surface area contributed by atoms with Gasteiger partial charge in [0.2, 0.25) is 0 Å². The van der Waals surface area contributed by atoms with E-state index >= 15 is 0 Å². The van der Waals surface area contributed by atoms with Crippen molar-refractivity contribution in [2.45, 2.75) is 19.6 Å². The first-order chi connectivity index (χ1) is 11.7. The monoisotopic (exact) mass is 325 g/mol. The summed E-state index contributed by atoms with van der Waals surface area (Å²) in [7, 11) is 0. The largest absolute Gasteiger partial charge is 0.487 e. The number of aliphatic hydroxyl groups is 1. The highest BCUT2D eigenvalue weighted by molar-refractivity contribution is 5.94. The number of ether oxygens (including phenoxy) is 1. The van der Waals surface area contributed by atoms with Gasteiger partial charge in [0, 0.05) is 24.0 Å². The number of amides is 1. The SMILES string of the molecule is CC(CO)NC(=O)c1ccc(OCc2cn3ccccc3n2)cc1. The van der Waals surface area contributed by atoms with Gasteiger partial charge < -0.3 is 19.6 Å². The first-order valence-corrected chi connectivity index (χ1v) is 7.73. The molecule has 2 heterocycles. The molecule has 2 N–H and O–H groups in total. The van der Waals surface area contributed by atoms with Crippen LogP contribution in [0.5, 0.6) is 5.75 Å². The van der Waals surface area contributed by atoms with E-state index in [4.69, 9.17) is 9.84 Å². The van der Waals surface area contributed by atoms with Crippen LogP contribution in [0.2, 0.25) is 0 Å². The van der Waals surface area contributed by atoms with Gasteiger partial charge in [-0.1, -0.05) is 6.07 Å². The third-order valence-electron chi connectivity index (χ3n) is 3.57. The molecule has 2 aromatic heterocycles. The molecule has 0 saturated carbocycles. The Bertz CT molecular complexity index is 794. The highest BCUT2D eigenvalue weighted by Gasteiger charge is 2.09. The van der Waals surface area contributed by atoms with Crippen molar-refractivity contribution in [1.82, 2.24) is 14.7 Å². The number of aliphatic hydroxyl groups excluding tert-OH is 1. The molecule has 6 heteroatoms. The Kier molecular flexibility index (Phi) is 4.77. The fourth-order valence-electron chi connectivity index (χ4n) is 2.27. The lowest BCUT2D eigenvalue weighted by molar-refractivity contribution is 0.0922. The van der Waals surface area contributed by atoms with Gasteiger partial charge in [-0.3, -0.25) is 4.79 Å². The lowest BCUT2D eigenvalue weighted by Gasteiger charge is -2.11. The van der Waals surface area contributed by atoms with Crippen LogP contribution in [-0.2, 0) is 6.61 Å². The smallest absolute Gasteiger partial charge is 0.251 e. The quantitative estimate of drug-likeness (QED) is 0.727. The molecule has 0 aliphatic carbocycles. The normalized spacial score (nSPS) is 12.1. The molecule has 0 aliphatic rings. The highest BCUT2D eigenvalue weighted by atomic mass is 16.5. The predicted octanol–water partition coefficient (Wildman–Crippen LogP) is 2.02.